The number of carbonyl (C=O) groups is 1. The van der Waals surface area contributed by atoms with Crippen LogP contribution in [-0.4, -0.2) is 37.5 Å². The molecule has 18 heavy (non-hydrogen) atoms. The van der Waals surface area contributed by atoms with Crippen LogP contribution in [0, 0.1) is 6.92 Å². The van der Waals surface area contributed by atoms with Crippen LogP contribution in [0.4, 0.5) is 0 Å². The number of sulfone groups is 1. The zero-order valence-corrected chi connectivity index (χ0v) is 11.4. The van der Waals surface area contributed by atoms with Crippen molar-refractivity contribution in [1.82, 2.24) is 5.32 Å². The van der Waals surface area contributed by atoms with Crippen molar-refractivity contribution in [1.29, 1.82) is 0 Å². The highest BCUT2D eigenvalue weighted by atomic mass is 32.2. The second kappa shape index (κ2) is 5.39. The summed E-state index contributed by atoms with van der Waals surface area (Å²) in [5.41, 5.74) is 0.981. The van der Waals surface area contributed by atoms with Gasteiger partial charge >= 0.3 is 0 Å². The van der Waals surface area contributed by atoms with Crippen LogP contribution in [0.2, 0.25) is 0 Å². The number of amides is 1. The van der Waals surface area contributed by atoms with Crippen LogP contribution in [0.1, 0.15) is 22.8 Å². The average molecular weight is 271 g/mol. The third-order valence-electron chi connectivity index (χ3n) is 2.33. The summed E-state index contributed by atoms with van der Waals surface area (Å²) in [6.45, 7) is 3.40. The predicted molar refractivity (Wildman–Crippen MR) is 69.5 cm³/mol. The van der Waals surface area contributed by atoms with Crippen LogP contribution in [0.3, 0.4) is 0 Å². The standard InChI is InChI=1S/C12H17NO4S/c1-8-4-5-10(11(14)6-8)12(15)13-9(2)7-18(3,16)17/h4-6,9,14H,7H2,1-3H3,(H,13,15). The molecule has 0 bridgehead atoms. The average Bonchev–Trinajstić information content (AvgIpc) is 2.13. The number of aryl methyl sites for hydroxylation is 1. The highest BCUT2D eigenvalue weighted by Crippen LogP contribution is 2.18. The summed E-state index contributed by atoms with van der Waals surface area (Å²) in [6.07, 6.45) is 1.11. The number of aromatic hydroxyl groups is 1. The fourth-order valence-electron chi connectivity index (χ4n) is 1.63. The Morgan fingerprint density at radius 3 is 2.56 bits per heavy atom. The van der Waals surface area contributed by atoms with Gasteiger partial charge in [0.1, 0.15) is 15.6 Å². The smallest absolute Gasteiger partial charge is 0.255 e. The first kappa shape index (κ1) is 14.5. The first-order valence-electron chi connectivity index (χ1n) is 5.47. The fourth-order valence-corrected chi connectivity index (χ4v) is 2.62. The van der Waals surface area contributed by atoms with E-state index in [4.69, 9.17) is 0 Å². The first-order chi connectivity index (χ1) is 8.19. The molecule has 1 unspecified atom stereocenters. The van der Waals surface area contributed by atoms with Gasteiger partial charge in [-0.3, -0.25) is 4.79 Å². The van der Waals surface area contributed by atoms with Crippen molar-refractivity contribution >= 4 is 15.7 Å². The number of carbonyl (C=O) groups excluding carboxylic acids is 1. The molecule has 0 aliphatic rings. The van der Waals surface area contributed by atoms with E-state index in [0.29, 0.717) is 0 Å². The molecule has 0 fully saturated rings. The Bertz CT molecular complexity index is 551. The van der Waals surface area contributed by atoms with Crippen LogP contribution in [0.15, 0.2) is 18.2 Å². The van der Waals surface area contributed by atoms with Gasteiger partial charge in [-0.05, 0) is 31.5 Å². The Balaban J connectivity index is 2.77. The number of nitrogens with one attached hydrogen (secondary N) is 1. The van der Waals surface area contributed by atoms with Gasteiger partial charge in [0.15, 0.2) is 0 Å². The maximum atomic E-state index is 11.8. The summed E-state index contributed by atoms with van der Waals surface area (Å²) in [5, 5.41) is 12.2. The number of hydrogen-bond acceptors (Lipinski definition) is 4. The van der Waals surface area contributed by atoms with Gasteiger partial charge in [0, 0.05) is 12.3 Å². The monoisotopic (exact) mass is 271 g/mol. The second-order valence-corrected chi connectivity index (χ2v) is 6.67. The Morgan fingerprint density at radius 2 is 2.06 bits per heavy atom. The zero-order valence-electron chi connectivity index (χ0n) is 10.6. The van der Waals surface area contributed by atoms with Crippen molar-refractivity contribution < 1.29 is 18.3 Å². The number of phenols is 1. The molecule has 0 aliphatic heterocycles. The van der Waals surface area contributed by atoms with Crippen molar-refractivity contribution in [2.75, 3.05) is 12.0 Å². The third kappa shape index (κ3) is 4.37. The van der Waals surface area contributed by atoms with Gasteiger partial charge in [-0.2, -0.15) is 0 Å². The summed E-state index contributed by atoms with van der Waals surface area (Å²) < 4.78 is 22.1. The topological polar surface area (TPSA) is 83.5 Å². The molecule has 1 amide bonds. The Labute approximate surface area is 107 Å². The number of phenolic OH excluding ortho intramolecular Hbond substituents is 1. The van der Waals surface area contributed by atoms with Crippen molar-refractivity contribution in [2.24, 2.45) is 0 Å². The summed E-state index contributed by atoms with van der Waals surface area (Å²) >= 11 is 0. The maximum absolute atomic E-state index is 11.8. The van der Waals surface area contributed by atoms with Crippen LogP contribution in [0.25, 0.3) is 0 Å². The molecule has 0 saturated heterocycles. The lowest BCUT2D eigenvalue weighted by atomic mass is 10.1. The van der Waals surface area contributed by atoms with Gasteiger partial charge in [0.25, 0.3) is 5.91 Å². The minimum absolute atomic E-state index is 0.112. The minimum Gasteiger partial charge on any atom is -0.507 e. The summed E-state index contributed by atoms with van der Waals surface area (Å²) in [5.74, 6) is -0.728. The van der Waals surface area contributed by atoms with Crippen LogP contribution < -0.4 is 5.32 Å². The molecule has 5 nitrogen and oxygen atoms in total. The van der Waals surface area contributed by atoms with Crippen LogP contribution in [-0.2, 0) is 9.84 Å². The lowest BCUT2D eigenvalue weighted by Gasteiger charge is -2.13. The van der Waals surface area contributed by atoms with E-state index in [1.807, 2.05) is 0 Å². The van der Waals surface area contributed by atoms with Gasteiger partial charge in [0.2, 0.25) is 0 Å². The highest BCUT2D eigenvalue weighted by Gasteiger charge is 2.16. The molecule has 2 N–H and O–H groups in total. The maximum Gasteiger partial charge on any atom is 0.255 e. The molecular formula is C12H17NO4S. The minimum atomic E-state index is -3.15. The number of rotatable bonds is 4. The zero-order chi connectivity index (χ0) is 13.9. The molecule has 1 aromatic carbocycles. The van der Waals surface area contributed by atoms with E-state index in [0.717, 1.165) is 11.8 Å². The molecule has 0 aromatic heterocycles. The lowest BCUT2D eigenvalue weighted by molar-refractivity contribution is 0.0941. The second-order valence-electron chi connectivity index (χ2n) is 4.49. The molecule has 6 heteroatoms. The Kier molecular flexibility index (Phi) is 4.34. The van der Waals surface area contributed by atoms with Gasteiger partial charge in [0.05, 0.1) is 11.3 Å². The van der Waals surface area contributed by atoms with E-state index in [1.54, 1.807) is 19.9 Å². The largest absolute Gasteiger partial charge is 0.507 e. The van der Waals surface area contributed by atoms with E-state index in [2.05, 4.69) is 5.32 Å². The quantitative estimate of drug-likeness (QED) is 0.851. The van der Waals surface area contributed by atoms with Crippen molar-refractivity contribution in [3.63, 3.8) is 0 Å². The molecule has 1 atom stereocenters. The third-order valence-corrected chi connectivity index (χ3v) is 3.43. The Morgan fingerprint density at radius 1 is 1.44 bits per heavy atom. The number of hydrogen-bond donors (Lipinski definition) is 2. The fraction of sp³-hybridized carbons (Fsp3) is 0.417. The van der Waals surface area contributed by atoms with E-state index in [-0.39, 0.29) is 17.1 Å². The highest BCUT2D eigenvalue weighted by molar-refractivity contribution is 7.90. The van der Waals surface area contributed by atoms with E-state index in [1.165, 1.54) is 12.1 Å². The van der Waals surface area contributed by atoms with Gasteiger partial charge in [-0.15, -0.1) is 0 Å². The lowest BCUT2D eigenvalue weighted by Crippen LogP contribution is -2.37. The van der Waals surface area contributed by atoms with E-state index >= 15 is 0 Å². The van der Waals surface area contributed by atoms with Crippen molar-refractivity contribution in [3.05, 3.63) is 29.3 Å². The SMILES string of the molecule is Cc1ccc(C(=O)NC(C)CS(C)(=O)=O)c(O)c1. The molecule has 0 saturated carbocycles. The summed E-state index contributed by atoms with van der Waals surface area (Å²) in [7, 11) is -3.15. The number of benzene rings is 1. The van der Waals surface area contributed by atoms with Gasteiger partial charge < -0.3 is 10.4 Å². The van der Waals surface area contributed by atoms with Crippen LogP contribution in [0.5, 0.6) is 5.75 Å². The molecule has 1 rings (SSSR count). The first-order valence-corrected chi connectivity index (χ1v) is 7.53. The molecule has 0 radical (unpaired) electrons. The molecule has 100 valence electrons. The molecule has 1 aromatic rings. The summed E-state index contributed by atoms with van der Waals surface area (Å²) in [4.78, 5) is 11.8. The molecular weight excluding hydrogens is 254 g/mol. The van der Waals surface area contributed by atoms with Crippen molar-refractivity contribution in [3.8, 4) is 5.75 Å². The molecule has 0 aliphatic carbocycles. The summed E-state index contributed by atoms with van der Waals surface area (Å²) in [6, 6.07) is 4.19. The molecule has 0 spiro atoms. The Hall–Kier alpha value is -1.56. The molecule has 0 heterocycles. The van der Waals surface area contributed by atoms with E-state index in [9.17, 15) is 18.3 Å². The van der Waals surface area contributed by atoms with Gasteiger partial charge in [-0.1, -0.05) is 6.07 Å². The normalized spacial score (nSPS) is 13.1. The van der Waals surface area contributed by atoms with Crippen molar-refractivity contribution in [2.45, 2.75) is 19.9 Å². The van der Waals surface area contributed by atoms with Gasteiger partial charge in [-0.25, -0.2) is 8.42 Å². The van der Waals surface area contributed by atoms with E-state index < -0.39 is 21.8 Å². The van der Waals surface area contributed by atoms with Crippen LogP contribution >= 0.6 is 0 Å². The predicted octanol–water partition coefficient (Wildman–Crippen LogP) is 0.864.